The number of halogens is 1. The number of rotatable bonds is 14. The molecule has 0 saturated carbocycles. The van der Waals surface area contributed by atoms with Gasteiger partial charge in [-0.3, -0.25) is 9.59 Å². The van der Waals surface area contributed by atoms with E-state index in [-0.39, 0.29) is 49.2 Å². The molecular weight excluding hydrogens is 560 g/mol. The molecule has 2 atom stereocenters. The largest absolute Gasteiger partial charge is 0.488 e. The average Bonchev–Trinajstić information content (AvgIpc) is 2.87. The molecule has 2 unspecified atom stereocenters. The molecule has 7 heteroatoms. The second-order valence-corrected chi connectivity index (χ2v) is 11.7. The van der Waals surface area contributed by atoms with E-state index in [4.69, 9.17) is 18.9 Å². The van der Waals surface area contributed by atoms with Crippen LogP contribution in [0.15, 0.2) is 46.9 Å². The first-order valence-corrected chi connectivity index (χ1v) is 14.7. The molecule has 3 aromatic rings. The molecule has 0 amide bonds. The third-order valence-corrected chi connectivity index (χ3v) is 6.86. The smallest absolute Gasteiger partial charge is 0.306 e. The van der Waals surface area contributed by atoms with Gasteiger partial charge in [-0.1, -0.05) is 81.7 Å². The van der Waals surface area contributed by atoms with Crippen molar-refractivity contribution in [1.82, 2.24) is 0 Å². The minimum atomic E-state index is -0.348. The fourth-order valence-electron chi connectivity index (χ4n) is 4.34. The van der Waals surface area contributed by atoms with Gasteiger partial charge < -0.3 is 18.9 Å². The van der Waals surface area contributed by atoms with Gasteiger partial charge in [-0.15, -0.1) is 0 Å². The van der Waals surface area contributed by atoms with Gasteiger partial charge in [0.05, 0.1) is 0 Å². The fraction of sp³-hybridized carbons (Fsp3) is 0.500. The summed E-state index contributed by atoms with van der Waals surface area (Å²) in [7, 11) is 0. The molecule has 6 nitrogen and oxygen atoms in total. The molecule has 0 saturated heterocycles. The third-order valence-electron chi connectivity index (χ3n) is 6.37. The number of carbonyl (C=O) groups excluding carboxylic acids is 2. The molecule has 39 heavy (non-hydrogen) atoms. The van der Waals surface area contributed by atoms with E-state index < -0.39 is 0 Å². The van der Waals surface area contributed by atoms with Gasteiger partial charge in [0, 0.05) is 38.9 Å². The molecule has 0 fully saturated rings. The Hall–Kier alpha value is -2.80. The highest BCUT2D eigenvalue weighted by Crippen LogP contribution is 2.44. The molecule has 212 valence electrons. The number of benzene rings is 3. The molecule has 0 heterocycles. The van der Waals surface area contributed by atoms with E-state index in [0.29, 0.717) is 37.2 Å². The van der Waals surface area contributed by atoms with Crippen LogP contribution in [-0.4, -0.2) is 37.4 Å². The average molecular weight is 602 g/mol. The molecule has 0 aromatic heterocycles. The number of carbonyl (C=O) groups is 2. The lowest BCUT2D eigenvalue weighted by Crippen LogP contribution is -2.25. The van der Waals surface area contributed by atoms with Gasteiger partial charge in [0.1, 0.15) is 36.9 Å². The molecule has 0 radical (unpaired) electrons. The highest BCUT2D eigenvalue weighted by atomic mass is 79.9. The quantitative estimate of drug-likeness (QED) is 0.137. The van der Waals surface area contributed by atoms with Crippen LogP contribution in [0.3, 0.4) is 0 Å². The fourth-order valence-corrected chi connectivity index (χ4v) is 4.70. The number of hydrogen-bond acceptors (Lipinski definition) is 6. The zero-order chi connectivity index (χ0) is 28.5. The Morgan fingerprint density at radius 2 is 1.13 bits per heavy atom. The van der Waals surface area contributed by atoms with Crippen molar-refractivity contribution in [2.75, 3.05) is 13.2 Å². The summed E-state index contributed by atoms with van der Waals surface area (Å²) in [5, 5.41) is 3.56. The Morgan fingerprint density at radius 1 is 0.692 bits per heavy atom. The standard InChI is InChI=1S/C32H41BrO6/c1-7-23(38-29(34)15-20(3)4)18-36-31-25-11-9-10-12-26(25)32(28-17-22(33)13-14-27(28)31)37-19-24(8-2)39-30(35)16-21(5)6/h9-14,17,20-21,23-24H,7-8,15-16,18-19H2,1-6H3. The van der Waals surface area contributed by atoms with E-state index in [1.54, 1.807) is 0 Å². The van der Waals surface area contributed by atoms with Gasteiger partial charge in [-0.05, 0) is 42.9 Å². The molecule has 0 aliphatic carbocycles. The Balaban J connectivity index is 1.94. The van der Waals surface area contributed by atoms with E-state index in [1.807, 2.05) is 84.0 Å². The molecule has 3 rings (SSSR count). The maximum absolute atomic E-state index is 12.3. The maximum atomic E-state index is 12.3. The molecule has 3 aromatic carbocycles. The first-order chi connectivity index (χ1) is 18.6. The SMILES string of the molecule is CCC(COc1c2ccccc2c(OCC(CC)OC(=O)CC(C)C)c2cc(Br)ccc12)OC(=O)CC(C)C. The van der Waals surface area contributed by atoms with E-state index in [9.17, 15) is 9.59 Å². The maximum Gasteiger partial charge on any atom is 0.306 e. The zero-order valence-corrected chi connectivity index (χ0v) is 25.5. The van der Waals surface area contributed by atoms with Crippen molar-refractivity contribution >= 4 is 49.4 Å². The van der Waals surface area contributed by atoms with Gasteiger partial charge in [0.25, 0.3) is 0 Å². The van der Waals surface area contributed by atoms with Gasteiger partial charge in [-0.2, -0.15) is 0 Å². The van der Waals surface area contributed by atoms with Gasteiger partial charge in [0.2, 0.25) is 0 Å². The number of hydrogen-bond donors (Lipinski definition) is 0. The zero-order valence-electron chi connectivity index (χ0n) is 23.9. The summed E-state index contributed by atoms with van der Waals surface area (Å²) < 4.78 is 25.1. The summed E-state index contributed by atoms with van der Waals surface area (Å²) in [6.45, 7) is 12.5. The van der Waals surface area contributed by atoms with Crippen molar-refractivity contribution in [3.63, 3.8) is 0 Å². The number of esters is 2. The van der Waals surface area contributed by atoms with Crippen LogP contribution in [0.1, 0.15) is 67.2 Å². The molecule has 0 N–H and O–H groups in total. The van der Waals surface area contributed by atoms with E-state index in [1.165, 1.54) is 0 Å². The number of fused-ring (bicyclic) bond motifs is 2. The Morgan fingerprint density at radius 3 is 1.56 bits per heavy atom. The van der Waals surface area contributed by atoms with Crippen molar-refractivity contribution in [3.8, 4) is 11.5 Å². The van der Waals surface area contributed by atoms with Crippen LogP contribution in [0.25, 0.3) is 21.5 Å². The summed E-state index contributed by atoms with van der Waals surface area (Å²) in [5.74, 6) is 1.49. The van der Waals surface area contributed by atoms with Crippen LogP contribution < -0.4 is 9.47 Å². The Kier molecular flexibility index (Phi) is 11.5. The second-order valence-electron chi connectivity index (χ2n) is 10.8. The van der Waals surface area contributed by atoms with Crippen LogP contribution >= 0.6 is 15.9 Å². The van der Waals surface area contributed by atoms with Crippen LogP contribution in [0.5, 0.6) is 11.5 Å². The Labute approximate surface area is 240 Å². The van der Waals surface area contributed by atoms with E-state index in [2.05, 4.69) is 15.9 Å². The first kappa shape index (κ1) is 30.7. The lowest BCUT2D eigenvalue weighted by atomic mass is 10.0. The monoisotopic (exact) mass is 600 g/mol. The van der Waals surface area contributed by atoms with Crippen LogP contribution in [0.2, 0.25) is 0 Å². The third kappa shape index (κ3) is 8.59. The summed E-state index contributed by atoms with van der Waals surface area (Å²) in [6, 6.07) is 13.9. The van der Waals surface area contributed by atoms with E-state index in [0.717, 1.165) is 26.0 Å². The molecule has 0 aliphatic rings. The van der Waals surface area contributed by atoms with Gasteiger partial charge in [-0.25, -0.2) is 0 Å². The topological polar surface area (TPSA) is 71.1 Å². The van der Waals surface area contributed by atoms with Crippen molar-refractivity contribution in [3.05, 3.63) is 46.9 Å². The summed E-state index contributed by atoms with van der Waals surface area (Å²) >= 11 is 3.60. The van der Waals surface area contributed by atoms with Crippen molar-refractivity contribution in [2.24, 2.45) is 11.8 Å². The molecular formula is C32H41BrO6. The highest BCUT2D eigenvalue weighted by molar-refractivity contribution is 9.10. The van der Waals surface area contributed by atoms with Crippen LogP contribution in [0, 0.1) is 11.8 Å². The minimum Gasteiger partial charge on any atom is -0.488 e. The lowest BCUT2D eigenvalue weighted by Gasteiger charge is -2.22. The summed E-state index contributed by atoms with van der Waals surface area (Å²) in [4.78, 5) is 24.6. The normalized spacial score (nSPS) is 13.1. The van der Waals surface area contributed by atoms with Crippen molar-refractivity contribution < 1.29 is 28.5 Å². The number of ether oxygens (including phenoxy) is 4. The summed E-state index contributed by atoms with van der Waals surface area (Å²) in [6.07, 6.45) is 1.38. The first-order valence-electron chi connectivity index (χ1n) is 13.9. The molecule has 0 bridgehead atoms. The van der Waals surface area contributed by atoms with E-state index >= 15 is 0 Å². The van der Waals surface area contributed by atoms with Gasteiger partial charge in [0.15, 0.2) is 0 Å². The molecule has 0 spiro atoms. The van der Waals surface area contributed by atoms with Crippen molar-refractivity contribution in [2.45, 2.75) is 79.4 Å². The van der Waals surface area contributed by atoms with Crippen molar-refractivity contribution in [1.29, 1.82) is 0 Å². The summed E-state index contributed by atoms with van der Waals surface area (Å²) in [5.41, 5.74) is 0. The Bertz CT molecular complexity index is 1270. The minimum absolute atomic E-state index is 0.206. The van der Waals surface area contributed by atoms with Gasteiger partial charge >= 0.3 is 11.9 Å². The molecule has 0 aliphatic heterocycles. The predicted molar refractivity (Wildman–Crippen MR) is 159 cm³/mol. The highest BCUT2D eigenvalue weighted by Gasteiger charge is 2.21. The van der Waals surface area contributed by atoms with Crippen LogP contribution in [0.4, 0.5) is 0 Å². The lowest BCUT2D eigenvalue weighted by molar-refractivity contribution is -0.152. The predicted octanol–water partition coefficient (Wildman–Crippen LogP) is 8.25. The van der Waals surface area contributed by atoms with Crippen LogP contribution in [-0.2, 0) is 19.1 Å². The second kappa shape index (κ2) is 14.5.